The van der Waals surface area contributed by atoms with Gasteiger partial charge in [0.25, 0.3) is 0 Å². The Kier molecular flexibility index (Phi) is 6.24. The second kappa shape index (κ2) is 9.00. The fourth-order valence-corrected chi connectivity index (χ4v) is 4.09. The summed E-state index contributed by atoms with van der Waals surface area (Å²) in [6.07, 6.45) is 2.26. The van der Waals surface area contributed by atoms with Crippen LogP contribution < -0.4 is 20.7 Å². The summed E-state index contributed by atoms with van der Waals surface area (Å²) in [4.78, 5) is 23.7. The smallest absolute Gasteiger partial charge is 0.407 e. The largest absolute Gasteiger partial charge is 0.497 e. The molecule has 1 saturated heterocycles. The van der Waals surface area contributed by atoms with Crippen molar-refractivity contribution >= 4 is 28.9 Å². The van der Waals surface area contributed by atoms with E-state index in [2.05, 4.69) is 27.2 Å². The van der Waals surface area contributed by atoms with Crippen LogP contribution in [-0.2, 0) is 11.3 Å². The number of ether oxygens (including phenoxy) is 2. The molecule has 1 aromatic carbocycles. The van der Waals surface area contributed by atoms with E-state index in [1.165, 1.54) is 0 Å². The van der Waals surface area contributed by atoms with Crippen molar-refractivity contribution in [1.82, 2.24) is 25.1 Å². The number of methoxy groups -OCH3 is 1. The zero-order valence-electron chi connectivity index (χ0n) is 20.5. The van der Waals surface area contributed by atoms with Gasteiger partial charge in [-0.3, -0.25) is 0 Å². The second-order valence-electron chi connectivity index (χ2n) is 10.1. The van der Waals surface area contributed by atoms with Gasteiger partial charge >= 0.3 is 6.09 Å². The minimum absolute atomic E-state index is 0.101. The molecule has 0 spiro atoms. The van der Waals surface area contributed by atoms with Crippen molar-refractivity contribution in [3.8, 4) is 5.75 Å². The summed E-state index contributed by atoms with van der Waals surface area (Å²) in [5.74, 6) is 1.92. The first-order chi connectivity index (χ1) is 16.0. The van der Waals surface area contributed by atoms with Crippen LogP contribution in [0.1, 0.15) is 39.7 Å². The molecule has 3 heterocycles. The van der Waals surface area contributed by atoms with Crippen molar-refractivity contribution in [2.75, 3.05) is 37.4 Å². The van der Waals surface area contributed by atoms with E-state index >= 15 is 0 Å². The van der Waals surface area contributed by atoms with Crippen LogP contribution in [0.15, 0.2) is 30.5 Å². The van der Waals surface area contributed by atoms with Gasteiger partial charge in [0.05, 0.1) is 19.9 Å². The van der Waals surface area contributed by atoms with Crippen molar-refractivity contribution in [3.63, 3.8) is 0 Å². The number of carbonyl (C=O) groups is 1. The highest BCUT2D eigenvalue weighted by Crippen LogP contribution is 2.32. The summed E-state index contributed by atoms with van der Waals surface area (Å²) in [5, 5.41) is 7.37. The SMILES string of the molecule is COc1ccc(Cn2nc(N)c3ncc(N4CCC(C)(CNC(=O)OC(C)(C)C)C4)nc32)cc1. The van der Waals surface area contributed by atoms with Gasteiger partial charge in [0, 0.05) is 25.0 Å². The number of alkyl carbamates (subject to hydrolysis) is 1. The highest BCUT2D eigenvalue weighted by Gasteiger charge is 2.35. The first-order valence-electron chi connectivity index (χ1n) is 11.4. The van der Waals surface area contributed by atoms with Gasteiger partial charge < -0.3 is 25.4 Å². The van der Waals surface area contributed by atoms with Crippen molar-refractivity contribution < 1.29 is 14.3 Å². The van der Waals surface area contributed by atoms with Crippen LogP contribution in [0.2, 0.25) is 0 Å². The number of nitrogens with one attached hydrogen (secondary N) is 1. The van der Waals surface area contributed by atoms with Crippen LogP contribution in [0.5, 0.6) is 5.75 Å². The quantitative estimate of drug-likeness (QED) is 0.567. The summed E-state index contributed by atoms with van der Waals surface area (Å²) in [6, 6.07) is 7.81. The number of nitrogens with two attached hydrogens (primary N) is 1. The number of hydrogen-bond donors (Lipinski definition) is 2. The average molecular weight is 468 g/mol. The van der Waals surface area contributed by atoms with E-state index in [4.69, 9.17) is 20.2 Å². The second-order valence-corrected chi connectivity index (χ2v) is 10.1. The van der Waals surface area contributed by atoms with Crippen LogP contribution in [0.3, 0.4) is 0 Å². The minimum atomic E-state index is -0.520. The molecule has 1 aliphatic heterocycles. The summed E-state index contributed by atoms with van der Waals surface area (Å²) in [7, 11) is 1.64. The van der Waals surface area contributed by atoms with E-state index in [1.54, 1.807) is 18.0 Å². The molecule has 1 aliphatic rings. The number of aromatic nitrogens is 4. The van der Waals surface area contributed by atoms with Gasteiger partial charge in [0.2, 0.25) is 0 Å². The van der Waals surface area contributed by atoms with Crippen LogP contribution in [0.4, 0.5) is 16.4 Å². The molecule has 0 aliphatic carbocycles. The Hall–Kier alpha value is -3.56. The molecule has 10 heteroatoms. The van der Waals surface area contributed by atoms with E-state index in [0.29, 0.717) is 30.1 Å². The molecule has 0 saturated carbocycles. The third-order valence-corrected chi connectivity index (χ3v) is 5.89. The zero-order chi connectivity index (χ0) is 24.5. The number of fused-ring (bicyclic) bond motifs is 1. The summed E-state index contributed by atoms with van der Waals surface area (Å²) >= 11 is 0. The fourth-order valence-electron chi connectivity index (χ4n) is 4.09. The third kappa shape index (κ3) is 5.32. The lowest BCUT2D eigenvalue weighted by atomic mass is 9.90. The van der Waals surface area contributed by atoms with Gasteiger partial charge in [-0.2, -0.15) is 5.10 Å². The molecular weight excluding hydrogens is 434 g/mol. The lowest BCUT2D eigenvalue weighted by Gasteiger charge is -2.26. The molecule has 10 nitrogen and oxygen atoms in total. The fraction of sp³-hybridized carbons (Fsp3) is 0.500. The number of rotatable bonds is 6. The molecule has 2 aromatic heterocycles. The number of nitrogens with zero attached hydrogens (tertiary/aromatic N) is 5. The predicted molar refractivity (Wildman–Crippen MR) is 131 cm³/mol. The van der Waals surface area contributed by atoms with E-state index < -0.39 is 11.7 Å². The summed E-state index contributed by atoms with van der Waals surface area (Å²) in [5.41, 5.74) is 7.78. The highest BCUT2D eigenvalue weighted by molar-refractivity contribution is 5.83. The molecule has 1 unspecified atom stereocenters. The van der Waals surface area contributed by atoms with Crippen molar-refractivity contribution in [2.24, 2.45) is 5.41 Å². The van der Waals surface area contributed by atoms with E-state index in [1.807, 2.05) is 45.0 Å². The zero-order valence-corrected chi connectivity index (χ0v) is 20.5. The van der Waals surface area contributed by atoms with E-state index in [-0.39, 0.29) is 5.41 Å². The lowest BCUT2D eigenvalue weighted by Crippen LogP contribution is -2.40. The molecule has 4 rings (SSSR count). The van der Waals surface area contributed by atoms with Crippen molar-refractivity contribution in [2.45, 2.75) is 46.3 Å². The van der Waals surface area contributed by atoms with E-state index in [0.717, 1.165) is 36.6 Å². The third-order valence-electron chi connectivity index (χ3n) is 5.89. The summed E-state index contributed by atoms with van der Waals surface area (Å²) < 4.78 is 12.4. The molecule has 1 amide bonds. The number of benzene rings is 1. The Morgan fingerprint density at radius 3 is 2.68 bits per heavy atom. The average Bonchev–Trinajstić information content (AvgIpc) is 3.32. The predicted octanol–water partition coefficient (Wildman–Crippen LogP) is 3.21. The molecule has 1 fully saturated rings. The molecule has 3 N–H and O–H groups in total. The van der Waals surface area contributed by atoms with Gasteiger partial charge in [-0.05, 0) is 44.9 Å². The number of carbonyl (C=O) groups excluding carboxylic acids is 1. The van der Waals surface area contributed by atoms with Gasteiger partial charge in [-0.25, -0.2) is 19.4 Å². The number of hydrogen-bond acceptors (Lipinski definition) is 8. The van der Waals surface area contributed by atoms with Gasteiger partial charge in [0.15, 0.2) is 17.0 Å². The Morgan fingerprint density at radius 2 is 2.00 bits per heavy atom. The van der Waals surface area contributed by atoms with Crippen LogP contribution in [-0.4, -0.2) is 58.2 Å². The molecule has 3 aromatic rings. The Labute approximate surface area is 199 Å². The maximum atomic E-state index is 12.1. The Balaban J connectivity index is 1.48. The first-order valence-corrected chi connectivity index (χ1v) is 11.4. The number of nitrogen functional groups attached to an aromatic ring is 1. The van der Waals surface area contributed by atoms with E-state index in [9.17, 15) is 4.79 Å². The normalized spacial score (nSPS) is 18.3. The molecule has 0 radical (unpaired) electrons. The molecule has 0 bridgehead atoms. The minimum Gasteiger partial charge on any atom is -0.497 e. The van der Waals surface area contributed by atoms with Crippen LogP contribution >= 0.6 is 0 Å². The van der Waals surface area contributed by atoms with Gasteiger partial charge in [-0.15, -0.1) is 0 Å². The van der Waals surface area contributed by atoms with Gasteiger partial charge in [0.1, 0.15) is 17.2 Å². The Morgan fingerprint density at radius 1 is 1.26 bits per heavy atom. The van der Waals surface area contributed by atoms with Crippen LogP contribution in [0.25, 0.3) is 11.2 Å². The number of amides is 1. The monoisotopic (exact) mass is 467 g/mol. The van der Waals surface area contributed by atoms with Crippen molar-refractivity contribution in [3.05, 3.63) is 36.0 Å². The highest BCUT2D eigenvalue weighted by atomic mass is 16.6. The standard InChI is InChI=1S/C24H33N7O3/c1-23(2,3)34-22(32)27-14-24(4)10-11-30(15-24)18-12-26-19-20(25)29-31(21(19)28-18)13-16-6-8-17(33-5)9-7-16/h6-9,12H,10-11,13-15H2,1-5H3,(H2,25,29)(H,27,32). The molecule has 1 atom stereocenters. The Bertz CT molecular complexity index is 1170. The van der Waals surface area contributed by atoms with Crippen molar-refractivity contribution in [1.29, 1.82) is 0 Å². The molecular formula is C24H33N7O3. The van der Waals surface area contributed by atoms with Gasteiger partial charge in [-0.1, -0.05) is 19.1 Å². The lowest BCUT2D eigenvalue weighted by molar-refractivity contribution is 0.0507. The molecule has 182 valence electrons. The number of anilines is 2. The topological polar surface area (TPSA) is 120 Å². The maximum absolute atomic E-state index is 12.1. The molecule has 34 heavy (non-hydrogen) atoms. The summed E-state index contributed by atoms with van der Waals surface area (Å²) in [6.45, 7) is 10.3. The first kappa shape index (κ1) is 23.6. The van der Waals surface area contributed by atoms with Crippen LogP contribution in [0, 0.1) is 5.41 Å². The maximum Gasteiger partial charge on any atom is 0.407 e.